The molecule has 168 valence electrons. The number of benzene rings is 2. The van der Waals surface area contributed by atoms with Crippen molar-refractivity contribution in [2.45, 2.75) is 38.0 Å². The summed E-state index contributed by atoms with van der Waals surface area (Å²) in [5.74, 6) is -0.927. The van der Waals surface area contributed by atoms with Crippen LogP contribution in [0.4, 0.5) is 5.69 Å². The molecular formula is C23H25N3O4S2. The van der Waals surface area contributed by atoms with Gasteiger partial charge in [-0.25, -0.2) is 8.42 Å². The van der Waals surface area contributed by atoms with E-state index >= 15 is 0 Å². The fourth-order valence-electron chi connectivity index (χ4n) is 2.91. The van der Waals surface area contributed by atoms with Crippen LogP contribution in [0.15, 0.2) is 64.9 Å². The van der Waals surface area contributed by atoms with Gasteiger partial charge in [-0.05, 0) is 65.2 Å². The number of hydrazine groups is 1. The molecule has 3 rings (SSSR count). The molecule has 32 heavy (non-hydrogen) atoms. The van der Waals surface area contributed by atoms with Crippen molar-refractivity contribution in [3.63, 3.8) is 0 Å². The van der Waals surface area contributed by atoms with Crippen molar-refractivity contribution >= 4 is 38.9 Å². The summed E-state index contributed by atoms with van der Waals surface area (Å²) >= 11 is 1.26. The molecular weight excluding hydrogens is 446 g/mol. The number of amides is 2. The summed E-state index contributed by atoms with van der Waals surface area (Å²) in [7, 11) is -3.81. The molecule has 3 N–H and O–H groups in total. The van der Waals surface area contributed by atoms with Gasteiger partial charge in [-0.1, -0.05) is 39.0 Å². The number of rotatable bonds is 5. The van der Waals surface area contributed by atoms with Crippen molar-refractivity contribution in [1.82, 2.24) is 10.9 Å². The predicted molar refractivity (Wildman–Crippen MR) is 126 cm³/mol. The Morgan fingerprint density at radius 3 is 2.16 bits per heavy atom. The Morgan fingerprint density at radius 1 is 0.906 bits per heavy atom. The lowest BCUT2D eigenvalue weighted by Crippen LogP contribution is -2.41. The van der Waals surface area contributed by atoms with Gasteiger partial charge in [-0.2, -0.15) is 0 Å². The SMILES string of the molecule is Cc1ccc(C(C)(C)C)cc1S(=O)(=O)Nc1ccc(C(=O)NNC(=O)c2cccs2)cc1. The van der Waals surface area contributed by atoms with Crippen LogP contribution in [0.25, 0.3) is 0 Å². The Labute approximate surface area is 191 Å². The topological polar surface area (TPSA) is 104 Å². The van der Waals surface area contributed by atoms with E-state index in [1.165, 1.54) is 35.6 Å². The summed E-state index contributed by atoms with van der Waals surface area (Å²) in [6.45, 7) is 7.81. The smallest absolute Gasteiger partial charge is 0.279 e. The third kappa shape index (κ3) is 5.54. The Bertz CT molecular complexity index is 1230. The molecule has 0 spiro atoms. The van der Waals surface area contributed by atoms with Gasteiger partial charge >= 0.3 is 0 Å². The number of hydrogen-bond donors (Lipinski definition) is 3. The zero-order valence-electron chi connectivity index (χ0n) is 18.2. The molecule has 2 aromatic carbocycles. The van der Waals surface area contributed by atoms with Crippen LogP contribution in [0, 0.1) is 6.92 Å². The number of carbonyl (C=O) groups is 2. The summed E-state index contributed by atoms with van der Waals surface area (Å²) in [5.41, 5.74) is 6.64. The third-order valence-electron chi connectivity index (χ3n) is 4.78. The summed E-state index contributed by atoms with van der Waals surface area (Å²) in [4.78, 5) is 24.8. The molecule has 0 saturated carbocycles. The molecule has 0 saturated heterocycles. The molecule has 0 fully saturated rings. The minimum absolute atomic E-state index is 0.189. The lowest BCUT2D eigenvalue weighted by atomic mass is 9.87. The van der Waals surface area contributed by atoms with E-state index in [1.54, 1.807) is 36.6 Å². The maximum absolute atomic E-state index is 13.0. The molecule has 0 bridgehead atoms. The highest BCUT2D eigenvalue weighted by Crippen LogP contribution is 2.27. The Kier molecular flexibility index (Phi) is 6.71. The first-order chi connectivity index (χ1) is 15.0. The molecule has 9 heteroatoms. The molecule has 0 unspecified atom stereocenters. The number of sulfonamides is 1. The van der Waals surface area contributed by atoms with Crippen LogP contribution in [0.5, 0.6) is 0 Å². The lowest BCUT2D eigenvalue weighted by Gasteiger charge is -2.21. The van der Waals surface area contributed by atoms with Crippen molar-refractivity contribution in [3.8, 4) is 0 Å². The van der Waals surface area contributed by atoms with E-state index in [0.717, 1.165) is 5.56 Å². The van der Waals surface area contributed by atoms with Gasteiger partial charge in [0.05, 0.1) is 9.77 Å². The molecule has 0 aliphatic carbocycles. The summed E-state index contributed by atoms with van der Waals surface area (Å²) in [6.07, 6.45) is 0. The number of nitrogens with one attached hydrogen (secondary N) is 3. The van der Waals surface area contributed by atoms with E-state index in [4.69, 9.17) is 0 Å². The van der Waals surface area contributed by atoms with Gasteiger partial charge in [-0.15, -0.1) is 11.3 Å². The maximum Gasteiger partial charge on any atom is 0.279 e. The number of hydrogen-bond acceptors (Lipinski definition) is 5. The maximum atomic E-state index is 13.0. The molecule has 3 aromatic rings. The summed E-state index contributed by atoms with van der Waals surface area (Å²) < 4.78 is 28.5. The molecule has 0 aliphatic heterocycles. The van der Waals surface area contributed by atoms with Gasteiger partial charge < -0.3 is 0 Å². The third-order valence-corrected chi connectivity index (χ3v) is 7.17. The Balaban J connectivity index is 1.70. The minimum atomic E-state index is -3.81. The average molecular weight is 472 g/mol. The van der Waals surface area contributed by atoms with Gasteiger partial charge in [-0.3, -0.25) is 25.2 Å². The van der Waals surface area contributed by atoms with E-state index in [-0.39, 0.29) is 15.9 Å². The molecule has 0 radical (unpaired) electrons. The zero-order chi connectivity index (χ0) is 23.5. The fourth-order valence-corrected chi connectivity index (χ4v) is 4.86. The fraction of sp³-hybridized carbons (Fsp3) is 0.217. The Hall–Kier alpha value is -3.17. The number of anilines is 1. The highest BCUT2D eigenvalue weighted by Gasteiger charge is 2.21. The standard InChI is InChI=1S/C23H25N3O4S2/c1-15-7-10-17(23(2,3)4)14-20(15)32(29,30)26-18-11-8-16(9-12-18)21(27)24-25-22(28)19-6-5-13-31-19/h5-14,26H,1-4H3,(H,24,27)(H,25,28). The van der Waals surface area contributed by atoms with Gasteiger partial charge in [0.25, 0.3) is 21.8 Å². The normalized spacial score (nSPS) is 11.6. The van der Waals surface area contributed by atoms with E-state index in [0.29, 0.717) is 16.1 Å². The second-order valence-electron chi connectivity index (χ2n) is 8.30. The van der Waals surface area contributed by atoms with Gasteiger partial charge in [0.15, 0.2) is 0 Å². The molecule has 0 aliphatic rings. The predicted octanol–water partition coefficient (Wildman–Crippen LogP) is 4.23. The molecule has 1 aromatic heterocycles. The van der Waals surface area contributed by atoms with Crippen LogP contribution in [-0.4, -0.2) is 20.2 Å². The molecule has 7 nitrogen and oxygen atoms in total. The monoisotopic (exact) mass is 471 g/mol. The number of thiophene rings is 1. The first kappa shape index (κ1) is 23.5. The van der Waals surface area contributed by atoms with E-state index in [2.05, 4.69) is 15.6 Å². The van der Waals surface area contributed by atoms with Crippen LogP contribution in [-0.2, 0) is 15.4 Å². The second-order valence-corrected chi connectivity index (χ2v) is 10.9. The van der Waals surface area contributed by atoms with Gasteiger partial charge in [0.1, 0.15) is 0 Å². The largest absolute Gasteiger partial charge is 0.280 e. The summed E-state index contributed by atoms with van der Waals surface area (Å²) in [5, 5.41) is 1.76. The van der Waals surface area contributed by atoms with E-state index in [1.807, 2.05) is 26.8 Å². The van der Waals surface area contributed by atoms with Crippen LogP contribution in [0.3, 0.4) is 0 Å². The van der Waals surface area contributed by atoms with Crippen LogP contribution < -0.4 is 15.6 Å². The minimum Gasteiger partial charge on any atom is -0.280 e. The molecule has 0 atom stereocenters. The van der Waals surface area contributed by atoms with Crippen molar-refractivity contribution in [2.24, 2.45) is 0 Å². The van der Waals surface area contributed by atoms with Crippen LogP contribution in [0.1, 0.15) is 51.9 Å². The average Bonchev–Trinajstić information content (AvgIpc) is 3.26. The Morgan fingerprint density at radius 2 is 1.56 bits per heavy atom. The highest BCUT2D eigenvalue weighted by atomic mass is 32.2. The molecule has 2 amide bonds. The van der Waals surface area contributed by atoms with Gasteiger partial charge in [0.2, 0.25) is 0 Å². The van der Waals surface area contributed by atoms with Crippen molar-refractivity contribution in [2.75, 3.05) is 4.72 Å². The van der Waals surface area contributed by atoms with Gasteiger partial charge in [0, 0.05) is 11.3 Å². The summed E-state index contributed by atoms with van der Waals surface area (Å²) in [6, 6.07) is 14.7. The first-order valence-corrected chi connectivity index (χ1v) is 12.2. The van der Waals surface area contributed by atoms with Crippen LogP contribution in [0.2, 0.25) is 0 Å². The van der Waals surface area contributed by atoms with Crippen molar-refractivity contribution < 1.29 is 18.0 Å². The zero-order valence-corrected chi connectivity index (χ0v) is 19.9. The first-order valence-electron chi connectivity index (χ1n) is 9.85. The van der Waals surface area contributed by atoms with Crippen LogP contribution >= 0.6 is 11.3 Å². The van der Waals surface area contributed by atoms with E-state index in [9.17, 15) is 18.0 Å². The lowest BCUT2D eigenvalue weighted by molar-refractivity contribution is 0.0849. The number of aryl methyl sites for hydroxylation is 1. The van der Waals surface area contributed by atoms with E-state index < -0.39 is 21.8 Å². The second kappa shape index (κ2) is 9.13. The van der Waals surface area contributed by atoms with Crippen molar-refractivity contribution in [3.05, 3.63) is 81.5 Å². The molecule has 1 heterocycles. The quantitative estimate of drug-likeness (QED) is 0.484. The highest BCUT2D eigenvalue weighted by molar-refractivity contribution is 7.92. The van der Waals surface area contributed by atoms with Crippen molar-refractivity contribution in [1.29, 1.82) is 0 Å². The number of carbonyl (C=O) groups excluding carboxylic acids is 2.